The number of aliphatic hydroxyl groups is 1. The first kappa shape index (κ1) is 20.1. The summed E-state index contributed by atoms with van der Waals surface area (Å²) in [6.07, 6.45) is 0. The highest BCUT2D eigenvalue weighted by Crippen LogP contribution is 2.44. The summed E-state index contributed by atoms with van der Waals surface area (Å²) in [6.45, 7) is 1.52. The number of carbonyl (C=O) groups excluding carboxylic acids is 2. The molecule has 1 atom stereocenters. The molecule has 0 saturated heterocycles. The van der Waals surface area contributed by atoms with Gasteiger partial charge in [-0.2, -0.15) is 0 Å². The molecule has 0 aromatic heterocycles. The van der Waals surface area contributed by atoms with Crippen molar-refractivity contribution in [2.45, 2.75) is 12.5 Å². The number of aryl methyl sites for hydroxylation is 1. The molecule has 0 saturated carbocycles. The molecule has 1 unspecified atom stereocenters. The molecular formula is C23H18ClFN2O3. The number of carbonyl (C=O) groups is 2. The summed E-state index contributed by atoms with van der Waals surface area (Å²) in [5.74, 6) is -1.92. The average molecular weight is 425 g/mol. The molecule has 0 aliphatic carbocycles. The van der Waals surface area contributed by atoms with Crippen molar-refractivity contribution in [3.05, 3.63) is 94.3 Å². The number of rotatable bonds is 4. The summed E-state index contributed by atoms with van der Waals surface area (Å²) in [4.78, 5) is 27.0. The quantitative estimate of drug-likeness (QED) is 0.665. The van der Waals surface area contributed by atoms with Gasteiger partial charge in [-0.15, -0.1) is 0 Å². The zero-order valence-corrected chi connectivity index (χ0v) is 16.8. The van der Waals surface area contributed by atoms with Gasteiger partial charge in [0.2, 0.25) is 5.91 Å². The fourth-order valence-electron chi connectivity index (χ4n) is 3.59. The number of halogens is 2. The minimum Gasteiger partial charge on any atom is -0.372 e. The van der Waals surface area contributed by atoms with E-state index < -0.39 is 23.2 Å². The summed E-state index contributed by atoms with van der Waals surface area (Å²) in [7, 11) is 0. The maximum atomic E-state index is 14.0. The third-order valence-electron chi connectivity index (χ3n) is 5.12. The topological polar surface area (TPSA) is 69.6 Å². The summed E-state index contributed by atoms with van der Waals surface area (Å²) in [5, 5.41) is 14.1. The van der Waals surface area contributed by atoms with Gasteiger partial charge in [0.05, 0.1) is 11.4 Å². The van der Waals surface area contributed by atoms with Crippen LogP contribution in [0.4, 0.5) is 15.8 Å². The maximum absolute atomic E-state index is 14.0. The number of para-hydroxylation sites is 1. The van der Waals surface area contributed by atoms with Crippen LogP contribution in [0.1, 0.15) is 16.7 Å². The molecule has 1 aliphatic heterocycles. The van der Waals surface area contributed by atoms with E-state index in [9.17, 15) is 19.1 Å². The molecule has 2 amide bonds. The van der Waals surface area contributed by atoms with Crippen LogP contribution in [-0.4, -0.2) is 23.5 Å². The summed E-state index contributed by atoms with van der Waals surface area (Å²) >= 11 is 5.73. The van der Waals surface area contributed by atoms with Crippen molar-refractivity contribution in [2.75, 3.05) is 16.8 Å². The van der Waals surface area contributed by atoms with Crippen LogP contribution >= 0.6 is 11.6 Å². The standard InChI is InChI=1S/C23H18ClFN2O3/c1-14-6-8-15(9-7-14)23(30)17-4-2-3-5-20(17)27(22(23)29)13-21(28)26-19-11-10-16(24)12-18(19)25/h2-12,30H,13H2,1H3,(H,26,28). The van der Waals surface area contributed by atoms with Gasteiger partial charge in [-0.25, -0.2) is 4.39 Å². The Hall–Kier alpha value is -3.22. The Morgan fingerprint density at radius 3 is 2.53 bits per heavy atom. The predicted octanol–water partition coefficient (Wildman–Crippen LogP) is 4.01. The molecule has 0 spiro atoms. The second-order valence-electron chi connectivity index (χ2n) is 7.16. The van der Waals surface area contributed by atoms with E-state index in [1.165, 1.54) is 17.0 Å². The van der Waals surface area contributed by atoms with Gasteiger partial charge in [-0.05, 0) is 36.8 Å². The molecule has 152 valence electrons. The molecule has 4 rings (SSSR count). The lowest BCUT2D eigenvalue weighted by Gasteiger charge is -2.23. The first-order valence-electron chi connectivity index (χ1n) is 9.26. The number of amides is 2. The van der Waals surface area contributed by atoms with Crippen molar-refractivity contribution in [1.82, 2.24) is 0 Å². The zero-order valence-electron chi connectivity index (χ0n) is 16.0. The van der Waals surface area contributed by atoms with Crippen LogP contribution in [0.5, 0.6) is 0 Å². The first-order chi connectivity index (χ1) is 14.3. The van der Waals surface area contributed by atoms with E-state index in [1.54, 1.807) is 36.4 Å². The largest absolute Gasteiger partial charge is 0.372 e. The zero-order chi connectivity index (χ0) is 21.5. The van der Waals surface area contributed by atoms with Crippen molar-refractivity contribution in [2.24, 2.45) is 0 Å². The van der Waals surface area contributed by atoms with Gasteiger partial charge in [0.15, 0.2) is 5.60 Å². The minimum absolute atomic E-state index is 0.0434. The van der Waals surface area contributed by atoms with Gasteiger partial charge >= 0.3 is 0 Å². The number of fused-ring (bicyclic) bond motifs is 1. The number of benzene rings is 3. The molecule has 30 heavy (non-hydrogen) atoms. The first-order valence-corrected chi connectivity index (χ1v) is 9.64. The fraction of sp³-hybridized carbons (Fsp3) is 0.130. The van der Waals surface area contributed by atoms with Gasteiger partial charge in [0, 0.05) is 10.6 Å². The number of anilines is 2. The highest BCUT2D eigenvalue weighted by atomic mass is 35.5. The van der Waals surface area contributed by atoms with Crippen LogP contribution in [0.25, 0.3) is 0 Å². The average Bonchev–Trinajstić information content (AvgIpc) is 2.93. The predicted molar refractivity (Wildman–Crippen MR) is 113 cm³/mol. The number of nitrogens with zero attached hydrogens (tertiary/aromatic N) is 1. The third-order valence-corrected chi connectivity index (χ3v) is 5.35. The molecule has 0 bridgehead atoms. The molecule has 3 aromatic rings. The van der Waals surface area contributed by atoms with E-state index in [4.69, 9.17) is 11.6 Å². The van der Waals surface area contributed by atoms with Gasteiger partial charge in [-0.3, -0.25) is 14.5 Å². The highest BCUT2D eigenvalue weighted by molar-refractivity contribution is 6.30. The smallest absolute Gasteiger partial charge is 0.268 e. The fourth-order valence-corrected chi connectivity index (χ4v) is 3.75. The van der Waals surface area contributed by atoms with E-state index in [2.05, 4.69) is 5.32 Å². The molecular weight excluding hydrogens is 407 g/mol. The lowest BCUT2D eigenvalue weighted by molar-refractivity contribution is -0.133. The van der Waals surface area contributed by atoms with Crippen molar-refractivity contribution in [1.29, 1.82) is 0 Å². The van der Waals surface area contributed by atoms with Crippen molar-refractivity contribution in [3.8, 4) is 0 Å². The van der Waals surface area contributed by atoms with Gasteiger partial charge in [0.1, 0.15) is 12.4 Å². The molecule has 1 aliphatic rings. The minimum atomic E-state index is -1.91. The van der Waals surface area contributed by atoms with Crippen LogP contribution in [-0.2, 0) is 15.2 Å². The van der Waals surface area contributed by atoms with Crippen LogP contribution < -0.4 is 10.2 Å². The van der Waals surface area contributed by atoms with Gasteiger partial charge < -0.3 is 10.4 Å². The number of hydrogen-bond acceptors (Lipinski definition) is 3. The second-order valence-corrected chi connectivity index (χ2v) is 7.59. The second kappa shape index (κ2) is 7.55. The molecule has 1 heterocycles. The maximum Gasteiger partial charge on any atom is 0.268 e. The van der Waals surface area contributed by atoms with E-state index in [1.807, 2.05) is 19.1 Å². The van der Waals surface area contributed by atoms with Gasteiger partial charge in [0.25, 0.3) is 5.91 Å². The molecule has 2 N–H and O–H groups in total. The molecule has 7 heteroatoms. The third kappa shape index (κ3) is 3.34. The molecule has 3 aromatic carbocycles. The summed E-state index contributed by atoms with van der Waals surface area (Å²) in [6, 6.07) is 17.6. The summed E-state index contributed by atoms with van der Waals surface area (Å²) < 4.78 is 14.0. The SMILES string of the molecule is Cc1ccc(C2(O)C(=O)N(CC(=O)Nc3ccc(Cl)cc3F)c3ccccc32)cc1. The Labute approximate surface area is 177 Å². The van der Waals surface area contributed by atoms with Crippen LogP contribution in [0.3, 0.4) is 0 Å². The van der Waals surface area contributed by atoms with Crippen molar-refractivity contribution < 1.29 is 19.1 Å². The Morgan fingerprint density at radius 1 is 1.13 bits per heavy atom. The van der Waals surface area contributed by atoms with E-state index in [0.29, 0.717) is 16.8 Å². The van der Waals surface area contributed by atoms with Crippen LogP contribution in [0, 0.1) is 12.7 Å². The molecule has 5 nitrogen and oxygen atoms in total. The van der Waals surface area contributed by atoms with E-state index in [0.717, 1.165) is 11.6 Å². The lowest BCUT2D eigenvalue weighted by Crippen LogP contribution is -2.44. The summed E-state index contributed by atoms with van der Waals surface area (Å²) in [5.41, 5.74) is 0.273. The Balaban J connectivity index is 1.65. The van der Waals surface area contributed by atoms with Crippen molar-refractivity contribution in [3.63, 3.8) is 0 Å². The van der Waals surface area contributed by atoms with Crippen LogP contribution in [0.15, 0.2) is 66.7 Å². The van der Waals surface area contributed by atoms with Crippen molar-refractivity contribution >= 4 is 34.8 Å². The van der Waals surface area contributed by atoms with E-state index >= 15 is 0 Å². The Bertz CT molecular complexity index is 1150. The lowest BCUT2D eigenvalue weighted by atomic mass is 9.87. The number of nitrogens with one attached hydrogen (secondary N) is 1. The molecule has 0 fully saturated rings. The molecule has 0 radical (unpaired) electrons. The van der Waals surface area contributed by atoms with Gasteiger partial charge in [-0.1, -0.05) is 59.6 Å². The number of hydrogen-bond donors (Lipinski definition) is 2. The highest BCUT2D eigenvalue weighted by Gasteiger charge is 2.51. The van der Waals surface area contributed by atoms with Crippen LogP contribution in [0.2, 0.25) is 5.02 Å². The monoisotopic (exact) mass is 424 g/mol. The normalized spacial score (nSPS) is 17.7. The Kier molecular flexibility index (Phi) is 5.05. The van der Waals surface area contributed by atoms with E-state index in [-0.39, 0.29) is 17.3 Å². The Morgan fingerprint density at radius 2 is 1.83 bits per heavy atom.